The van der Waals surface area contributed by atoms with Gasteiger partial charge >= 0.3 is 0 Å². The minimum absolute atomic E-state index is 0.101. The normalized spacial score (nSPS) is 23.7. The summed E-state index contributed by atoms with van der Waals surface area (Å²) in [6, 6.07) is 4.29. The number of nitrogens with one attached hydrogen (secondary N) is 1. The fraction of sp³-hybridized carbons (Fsp3) is 0.571. The van der Waals surface area contributed by atoms with Gasteiger partial charge in [-0.25, -0.2) is 8.78 Å². The van der Waals surface area contributed by atoms with Crippen molar-refractivity contribution in [1.29, 1.82) is 0 Å². The van der Waals surface area contributed by atoms with Crippen LogP contribution in [-0.4, -0.2) is 26.3 Å². The molecule has 2 nitrogen and oxygen atoms in total. The second-order valence-electron chi connectivity index (χ2n) is 5.30. The second kappa shape index (κ2) is 4.59. The third-order valence-corrected chi connectivity index (χ3v) is 4.33. The Kier molecular flexibility index (Phi) is 3.08. The molecule has 0 unspecified atom stereocenters. The summed E-state index contributed by atoms with van der Waals surface area (Å²) in [5, 5.41) is 3.33. The van der Waals surface area contributed by atoms with E-state index in [9.17, 15) is 8.78 Å². The molecule has 0 aromatic heterocycles. The van der Waals surface area contributed by atoms with E-state index in [1.165, 1.54) is 12.1 Å². The molecule has 0 spiro atoms. The van der Waals surface area contributed by atoms with Gasteiger partial charge in [-0.1, -0.05) is 6.07 Å². The molecule has 2 aliphatic heterocycles. The maximum absolute atomic E-state index is 13.4. The lowest BCUT2D eigenvalue weighted by atomic mass is 9.65. The average molecular weight is 253 g/mol. The van der Waals surface area contributed by atoms with Gasteiger partial charge in [0.1, 0.15) is 0 Å². The van der Waals surface area contributed by atoms with Gasteiger partial charge in [-0.05, 0) is 49.5 Å². The lowest BCUT2D eigenvalue weighted by Gasteiger charge is -2.49. The predicted octanol–water partition coefficient (Wildman–Crippen LogP) is 2.23. The van der Waals surface area contributed by atoms with Crippen molar-refractivity contribution in [2.75, 3.05) is 26.3 Å². The molecule has 2 fully saturated rings. The van der Waals surface area contributed by atoms with Crippen LogP contribution in [0.2, 0.25) is 0 Å². The number of ether oxygens (including phenoxy) is 1. The first kappa shape index (κ1) is 12.1. The summed E-state index contributed by atoms with van der Waals surface area (Å²) in [5.41, 5.74) is 0.788. The number of rotatable bonds is 2. The molecule has 18 heavy (non-hydrogen) atoms. The maximum Gasteiger partial charge on any atom is 0.159 e. The van der Waals surface area contributed by atoms with Crippen molar-refractivity contribution in [2.45, 2.75) is 18.3 Å². The highest BCUT2D eigenvalue weighted by molar-refractivity contribution is 5.30. The van der Waals surface area contributed by atoms with Crippen LogP contribution in [0, 0.1) is 17.6 Å². The van der Waals surface area contributed by atoms with Crippen LogP contribution in [-0.2, 0) is 10.2 Å². The zero-order chi connectivity index (χ0) is 12.6. The molecule has 0 bridgehead atoms. The van der Waals surface area contributed by atoms with Crippen molar-refractivity contribution in [3.05, 3.63) is 35.4 Å². The van der Waals surface area contributed by atoms with E-state index < -0.39 is 11.6 Å². The molecular weight excluding hydrogens is 236 g/mol. The predicted molar refractivity (Wildman–Crippen MR) is 64.4 cm³/mol. The zero-order valence-corrected chi connectivity index (χ0v) is 10.2. The van der Waals surface area contributed by atoms with E-state index in [4.69, 9.17) is 4.74 Å². The molecular formula is C14H17F2NO. The van der Waals surface area contributed by atoms with Gasteiger partial charge in [-0.2, -0.15) is 0 Å². The molecule has 1 aromatic rings. The van der Waals surface area contributed by atoms with Gasteiger partial charge in [-0.15, -0.1) is 0 Å². The van der Waals surface area contributed by atoms with Gasteiger partial charge in [0.2, 0.25) is 0 Å². The molecule has 2 aliphatic rings. The summed E-state index contributed by atoms with van der Waals surface area (Å²) < 4.78 is 31.8. The molecule has 0 saturated carbocycles. The van der Waals surface area contributed by atoms with Crippen LogP contribution in [0.4, 0.5) is 8.78 Å². The Labute approximate surface area is 105 Å². The highest BCUT2D eigenvalue weighted by Crippen LogP contribution is 2.43. The molecule has 2 saturated heterocycles. The molecule has 98 valence electrons. The maximum atomic E-state index is 13.4. The molecule has 1 N–H and O–H groups in total. The molecule has 2 heterocycles. The summed E-state index contributed by atoms with van der Waals surface area (Å²) in [5.74, 6) is -1.04. The number of hydrogen-bond donors (Lipinski definition) is 1. The Bertz CT molecular complexity index is 439. The highest BCUT2D eigenvalue weighted by atomic mass is 19.2. The summed E-state index contributed by atoms with van der Waals surface area (Å²) >= 11 is 0. The van der Waals surface area contributed by atoms with E-state index in [1.54, 1.807) is 6.07 Å². The van der Waals surface area contributed by atoms with Gasteiger partial charge in [0.15, 0.2) is 11.6 Å². The van der Waals surface area contributed by atoms with E-state index in [0.29, 0.717) is 19.1 Å². The monoisotopic (exact) mass is 253 g/mol. The van der Waals surface area contributed by atoms with Crippen molar-refractivity contribution in [3.63, 3.8) is 0 Å². The number of benzene rings is 1. The standard InChI is InChI=1S/C14H17F2NO/c15-12-2-1-11(7-13(12)16)14(8-18-9-14)10-3-5-17-6-4-10/h1-2,7,10,17H,3-6,8-9H2. The van der Waals surface area contributed by atoms with Crippen LogP contribution in [0.5, 0.6) is 0 Å². The topological polar surface area (TPSA) is 21.3 Å². The van der Waals surface area contributed by atoms with E-state index >= 15 is 0 Å². The van der Waals surface area contributed by atoms with E-state index in [1.807, 2.05) is 0 Å². The van der Waals surface area contributed by atoms with Gasteiger partial charge < -0.3 is 10.1 Å². The van der Waals surface area contributed by atoms with Crippen molar-refractivity contribution < 1.29 is 13.5 Å². The molecule has 0 aliphatic carbocycles. The van der Waals surface area contributed by atoms with Crippen LogP contribution in [0.15, 0.2) is 18.2 Å². The SMILES string of the molecule is Fc1ccc(C2(C3CCNCC3)COC2)cc1F. The minimum Gasteiger partial charge on any atom is -0.379 e. The van der Waals surface area contributed by atoms with Crippen molar-refractivity contribution >= 4 is 0 Å². The summed E-state index contributed by atoms with van der Waals surface area (Å²) in [6.07, 6.45) is 2.14. The third kappa shape index (κ3) is 1.84. The van der Waals surface area contributed by atoms with E-state index in [2.05, 4.69) is 5.32 Å². The quantitative estimate of drug-likeness (QED) is 0.872. The van der Waals surface area contributed by atoms with E-state index in [0.717, 1.165) is 31.5 Å². The Morgan fingerprint density at radius 1 is 1.11 bits per heavy atom. The Morgan fingerprint density at radius 2 is 1.83 bits per heavy atom. The molecule has 4 heteroatoms. The lowest BCUT2D eigenvalue weighted by Crippen LogP contribution is -2.54. The summed E-state index contributed by atoms with van der Waals surface area (Å²) in [6.45, 7) is 3.25. The second-order valence-corrected chi connectivity index (χ2v) is 5.30. The summed E-state index contributed by atoms with van der Waals surface area (Å²) in [4.78, 5) is 0. The highest BCUT2D eigenvalue weighted by Gasteiger charge is 2.47. The van der Waals surface area contributed by atoms with Gasteiger partial charge in [0.05, 0.1) is 13.2 Å². The Balaban J connectivity index is 1.92. The third-order valence-electron chi connectivity index (χ3n) is 4.33. The van der Waals surface area contributed by atoms with Gasteiger partial charge in [0.25, 0.3) is 0 Å². The molecule has 0 atom stereocenters. The van der Waals surface area contributed by atoms with Crippen molar-refractivity contribution in [1.82, 2.24) is 5.32 Å². The van der Waals surface area contributed by atoms with Crippen molar-refractivity contribution in [3.8, 4) is 0 Å². The fourth-order valence-electron chi connectivity index (χ4n) is 3.14. The average Bonchev–Trinajstić information content (AvgIpc) is 2.34. The Hall–Kier alpha value is -1.00. The van der Waals surface area contributed by atoms with Gasteiger partial charge in [-0.3, -0.25) is 0 Å². The van der Waals surface area contributed by atoms with Crippen LogP contribution in [0.25, 0.3) is 0 Å². The summed E-state index contributed by atoms with van der Waals surface area (Å²) in [7, 11) is 0. The lowest BCUT2D eigenvalue weighted by molar-refractivity contribution is -0.0965. The largest absolute Gasteiger partial charge is 0.379 e. The fourth-order valence-corrected chi connectivity index (χ4v) is 3.14. The van der Waals surface area contributed by atoms with Crippen molar-refractivity contribution in [2.24, 2.45) is 5.92 Å². The number of piperidine rings is 1. The molecule has 1 aromatic carbocycles. The van der Waals surface area contributed by atoms with Crippen LogP contribution >= 0.6 is 0 Å². The Morgan fingerprint density at radius 3 is 2.39 bits per heavy atom. The van der Waals surface area contributed by atoms with Crippen LogP contribution < -0.4 is 5.32 Å². The van der Waals surface area contributed by atoms with Crippen LogP contribution in [0.3, 0.4) is 0 Å². The zero-order valence-electron chi connectivity index (χ0n) is 10.2. The molecule has 0 radical (unpaired) electrons. The smallest absolute Gasteiger partial charge is 0.159 e. The molecule has 0 amide bonds. The van der Waals surface area contributed by atoms with Gasteiger partial charge in [0, 0.05) is 5.41 Å². The number of hydrogen-bond acceptors (Lipinski definition) is 2. The first-order valence-corrected chi connectivity index (χ1v) is 6.46. The first-order chi connectivity index (χ1) is 8.72. The molecule has 3 rings (SSSR count). The minimum atomic E-state index is -0.778. The van der Waals surface area contributed by atoms with Crippen LogP contribution in [0.1, 0.15) is 18.4 Å². The van der Waals surface area contributed by atoms with E-state index in [-0.39, 0.29) is 5.41 Å². The first-order valence-electron chi connectivity index (χ1n) is 6.46. The number of halogens is 2.